The van der Waals surface area contributed by atoms with Gasteiger partial charge < -0.3 is 20.9 Å². The maximum atomic E-state index is 14.2. The van der Waals surface area contributed by atoms with E-state index in [1.807, 2.05) is 0 Å². The Labute approximate surface area is 151 Å². The summed E-state index contributed by atoms with van der Waals surface area (Å²) in [6.45, 7) is 0. The van der Waals surface area contributed by atoms with Gasteiger partial charge in [0.2, 0.25) is 5.82 Å². The number of carbonyl (C=O) groups excluding carboxylic acids is 1. The molecule has 1 amide bonds. The van der Waals surface area contributed by atoms with Crippen molar-refractivity contribution in [3.63, 3.8) is 0 Å². The third kappa shape index (κ3) is 2.95. The molecule has 0 spiro atoms. The van der Waals surface area contributed by atoms with Crippen LogP contribution in [-0.2, 0) is 0 Å². The zero-order valence-electron chi connectivity index (χ0n) is 13.3. The van der Waals surface area contributed by atoms with Gasteiger partial charge in [-0.25, -0.2) is 4.39 Å². The van der Waals surface area contributed by atoms with Crippen molar-refractivity contribution in [2.45, 2.75) is 0 Å². The molecule has 0 radical (unpaired) electrons. The quantitative estimate of drug-likeness (QED) is 0.532. The van der Waals surface area contributed by atoms with Crippen molar-refractivity contribution in [1.82, 2.24) is 4.98 Å². The molecule has 0 saturated carbocycles. The molecule has 1 aromatic heterocycles. The van der Waals surface area contributed by atoms with Crippen LogP contribution in [0.25, 0.3) is 10.9 Å². The van der Waals surface area contributed by atoms with Gasteiger partial charge >= 0.3 is 0 Å². The van der Waals surface area contributed by atoms with Gasteiger partial charge in [-0.3, -0.25) is 9.78 Å². The van der Waals surface area contributed by atoms with E-state index in [1.54, 1.807) is 0 Å². The Kier molecular flexibility index (Phi) is 4.52. The van der Waals surface area contributed by atoms with Gasteiger partial charge in [-0.05, 0) is 18.2 Å². The lowest BCUT2D eigenvalue weighted by Crippen LogP contribution is -2.12. The van der Waals surface area contributed by atoms with Crippen molar-refractivity contribution >= 4 is 34.1 Å². The van der Waals surface area contributed by atoms with Gasteiger partial charge in [-0.2, -0.15) is 4.39 Å². The number of carbonyl (C=O) groups is 1. The van der Waals surface area contributed by atoms with Crippen molar-refractivity contribution in [1.29, 1.82) is 0 Å². The Morgan fingerprint density at radius 1 is 1.19 bits per heavy atom. The van der Waals surface area contributed by atoms with Gasteiger partial charge in [0.15, 0.2) is 11.6 Å². The SMILES string of the molecule is COc1cc2nccc(Oc3c(Cl)cc(N)c(F)c3F)c2cc1C(N)=O. The molecule has 1 heterocycles. The number of nitrogens with two attached hydrogens (primary N) is 2. The number of benzene rings is 2. The van der Waals surface area contributed by atoms with Gasteiger partial charge in [-0.15, -0.1) is 0 Å². The topological polar surface area (TPSA) is 100 Å². The number of hydrogen-bond donors (Lipinski definition) is 2. The van der Waals surface area contributed by atoms with Crippen molar-refractivity contribution in [3.05, 3.63) is 52.7 Å². The summed E-state index contributed by atoms with van der Waals surface area (Å²) >= 11 is 5.92. The largest absolute Gasteiger partial charge is 0.496 e. The fourth-order valence-electron chi connectivity index (χ4n) is 2.40. The van der Waals surface area contributed by atoms with Gasteiger partial charge in [0.05, 0.1) is 28.9 Å². The first-order valence-corrected chi connectivity index (χ1v) is 7.58. The summed E-state index contributed by atoms with van der Waals surface area (Å²) in [6, 6.07) is 5.31. The number of nitrogen functional groups attached to an aromatic ring is 1. The molecule has 0 aliphatic rings. The Balaban J connectivity index is 2.19. The number of rotatable bonds is 4. The molecule has 0 bridgehead atoms. The van der Waals surface area contributed by atoms with Crippen LogP contribution in [0.15, 0.2) is 30.5 Å². The lowest BCUT2D eigenvalue weighted by molar-refractivity contribution is 0.0997. The zero-order chi connectivity index (χ0) is 19.0. The van der Waals surface area contributed by atoms with Crippen LogP contribution in [0, 0.1) is 11.6 Å². The summed E-state index contributed by atoms with van der Waals surface area (Å²) in [5.41, 5.74) is 10.7. The summed E-state index contributed by atoms with van der Waals surface area (Å²) in [6.07, 6.45) is 1.39. The van der Waals surface area contributed by atoms with Gasteiger partial charge in [-0.1, -0.05) is 11.6 Å². The average molecular weight is 380 g/mol. The van der Waals surface area contributed by atoms with E-state index in [0.717, 1.165) is 6.07 Å². The molecular weight excluding hydrogens is 368 g/mol. The molecule has 3 rings (SSSR count). The lowest BCUT2D eigenvalue weighted by Gasteiger charge is -2.13. The van der Waals surface area contributed by atoms with Crippen LogP contribution in [0.5, 0.6) is 17.2 Å². The number of pyridine rings is 1. The van der Waals surface area contributed by atoms with Crippen LogP contribution < -0.4 is 20.9 Å². The molecule has 3 aromatic rings. The molecular formula is C17H12ClF2N3O3. The van der Waals surface area contributed by atoms with Crippen molar-refractivity contribution < 1.29 is 23.0 Å². The molecule has 26 heavy (non-hydrogen) atoms. The summed E-state index contributed by atoms with van der Waals surface area (Å²) in [5, 5.41) is 0.116. The van der Waals surface area contributed by atoms with Crippen LogP contribution in [-0.4, -0.2) is 18.0 Å². The van der Waals surface area contributed by atoms with Crippen molar-refractivity contribution in [3.8, 4) is 17.2 Å². The van der Waals surface area contributed by atoms with E-state index in [0.29, 0.717) is 10.9 Å². The van der Waals surface area contributed by atoms with E-state index < -0.39 is 29.0 Å². The summed E-state index contributed by atoms with van der Waals surface area (Å²) in [4.78, 5) is 15.8. The van der Waals surface area contributed by atoms with E-state index in [1.165, 1.54) is 31.5 Å². The summed E-state index contributed by atoms with van der Waals surface area (Å²) in [7, 11) is 1.38. The lowest BCUT2D eigenvalue weighted by atomic mass is 10.1. The molecule has 0 aliphatic carbocycles. The molecule has 0 saturated heterocycles. The fraction of sp³-hybridized carbons (Fsp3) is 0.0588. The third-order valence-corrected chi connectivity index (χ3v) is 3.93. The first-order valence-electron chi connectivity index (χ1n) is 7.20. The number of halogens is 3. The second-order valence-corrected chi connectivity index (χ2v) is 5.66. The molecule has 0 fully saturated rings. The highest BCUT2D eigenvalue weighted by Gasteiger charge is 2.20. The fourth-order valence-corrected chi connectivity index (χ4v) is 2.64. The minimum Gasteiger partial charge on any atom is -0.496 e. The first kappa shape index (κ1) is 17.7. The normalized spacial score (nSPS) is 10.8. The van der Waals surface area contributed by atoms with Crippen LogP contribution in [0.4, 0.5) is 14.5 Å². The van der Waals surface area contributed by atoms with Crippen LogP contribution in [0.3, 0.4) is 0 Å². The number of fused-ring (bicyclic) bond motifs is 1. The van der Waals surface area contributed by atoms with E-state index >= 15 is 0 Å². The van der Waals surface area contributed by atoms with Gasteiger partial charge in [0, 0.05) is 17.6 Å². The number of aromatic nitrogens is 1. The molecule has 6 nitrogen and oxygen atoms in total. The highest BCUT2D eigenvalue weighted by molar-refractivity contribution is 6.32. The van der Waals surface area contributed by atoms with Crippen LogP contribution in [0.2, 0.25) is 5.02 Å². The molecule has 2 aromatic carbocycles. The summed E-state index contributed by atoms with van der Waals surface area (Å²) in [5.74, 6) is -3.57. The molecule has 0 aliphatic heterocycles. The van der Waals surface area contributed by atoms with E-state index in [2.05, 4.69) is 4.98 Å². The second-order valence-electron chi connectivity index (χ2n) is 5.25. The van der Waals surface area contributed by atoms with E-state index in [9.17, 15) is 13.6 Å². The predicted octanol–water partition coefficient (Wildman–Crippen LogP) is 3.65. The number of amides is 1. The Bertz CT molecular complexity index is 1040. The standard InChI is InChI=1S/C17H12ClF2N3O3/c1-25-13-6-11-7(4-8(13)17(22)24)12(2-3-23-11)26-16-9(18)5-10(21)14(19)15(16)20/h2-6H,21H2,1H3,(H2,22,24). The number of anilines is 1. The molecule has 4 N–H and O–H groups in total. The second kappa shape index (κ2) is 6.64. The van der Waals surface area contributed by atoms with Gasteiger partial charge in [0.1, 0.15) is 11.5 Å². The summed E-state index contributed by atoms with van der Waals surface area (Å²) < 4.78 is 38.5. The number of methoxy groups -OCH3 is 1. The minimum absolute atomic E-state index is 0.0768. The minimum atomic E-state index is -1.33. The molecule has 9 heteroatoms. The third-order valence-electron chi connectivity index (χ3n) is 3.64. The number of primary amides is 1. The Hall–Kier alpha value is -3.13. The molecule has 0 unspecified atom stereocenters. The maximum absolute atomic E-state index is 14.2. The highest BCUT2D eigenvalue weighted by Crippen LogP contribution is 2.39. The monoisotopic (exact) mass is 379 g/mol. The number of hydrogen-bond acceptors (Lipinski definition) is 5. The average Bonchev–Trinajstić information content (AvgIpc) is 2.62. The highest BCUT2D eigenvalue weighted by atomic mass is 35.5. The number of ether oxygens (including phenoxy) is 2. The maximum Gasteiger partial charge on any atom is 0.252 e. The first-order chi connectivity index (χ1) is 12.3. The number of nitrogens with zero attached hydrogens (tertiary/aromatic N) is 1. The van der Waals surface area contributed by atoms with Crippen LogP contribution in [0.1, 0.15) is 10.4 Å². The molecule has 0 atom stereocenters. The smallest absolute Gasteiger partial charge is 0.252 e. The van der Waals surface area contributed by atoms with Crippen LogP contribution >= 0.6 is 11.6 Å². The van der Waals surface area contributed by atoms with Gasteiger partial charge in [0.25, 0.3) is 5.91 Å². The zero-order valence-corrected chi connectivity index (χ0v) is 14.1. The predicted molar refractivity (Wildman–Crippen MR) is 92.7 cm³/mol. The van der Waals surface area contributed by atoms with E-state index in [4.69, 9.17) is 32.5 Å². The van der Waals surface area contributed by atoms with E-state index in [-0.39, 0.29) is 22.1 Å². The van der Waals surface area contributed by atoms with Crippen molar-refractivity contribution in [2.24, 2.45) is 5.73 Å². The van der Waals surface area contributed by atoms with Crippen molar-refractivity contribution in [2.75, 3.05) is 12.8 Å². The Morgan fingerprint density at radius 3 is 2.58 bits per heavy atom. The Morgan fingerprint density at radius 2 is 1.92 bits per heavy atom. The molecule has 134 valence electrons.